The summed E-state index contributed by atoms with van der Waals surface area (Å²) in [7, 11) is -3.63. The van der Waals surface area contributed by atoms with Gasteiger partial charge in [0, 0.05) is 9.17 Å². The van der Waals surface area contributed by atoms with Crippen LogP contribution in [0.2, 0.25) is 0 Å². The largest absolute Gasteiger partial charge is 3.00 e. The van der Waals surface area contributed by atoms with Crippen molar-refractivity contribution < 1.29 is 14.1 Å². The second-order valence-electron chi connectivity index (χ2n) is 0.250. The second-order valence-corrected chi connectivity index (χ2v) is 0.750. The number of hydrogen-bond acceptors (Lipinski definition) is 3. The molecule has 0 radical (unpaired) electrons. The van der Waals surface area contributed by atoms with Gasteiger partial charge in [0.2, 0.25) is 0 Å². The van der Waals surface area contributed by atoms with E-state index in [1.54, 1.807) is 0 Å². The molecule has 0 aromatic carbocycles. The zero-order chi connectivity index (χ0) is 3.58. The normalized spacial score (nSPS) is 3.43. The van der Waals surface area contributed by atoms with Crippen molar-refractivity contribution in [2.45, 2.75) is 0 Å². The summed E-state index contributed by atoms with van der Waals surface area (Å²) in [5.41, 5.74) is 0. The molecule has 0 rings (SSSR count). The first-order valence-corrected chi connectivity index (χ1v) is 1.84. The van der Waals surface area contributed by atoms with Gasteiger partial charge in [0.15, 0.2) is 0 Å². The fraction of sp³-hybridized carbons (Fsp3) is 0. The summed E-state index contributed by atoms with van der Waals surface area (Å²) in [5, 5.41) is 0. The van der Waals surface area contributed by atoms with Crippen LogP contribution in [0.1, 0.15) is 0 Å². The average Bonchev–Trinajstić information content (AvgIpc) is 0.811. The molecule has 0 fully saturated rings. The molecule has 0 aromatic rings. The Morgan fingerprint density at radius 1 is 1.14 bits per heavy atom. The molecule has 3 nitrogen and oxygen atoms in total. The van der Waals surface area contributed by atoms with Crippen molar-refractivity contribution in [3.8, 4) is 0 Å². The van der Waals surface area contributed by atoms with Gasteiger partial charge < -0.3 is 14.1 Å². The molecule has 24 valence electrons. The number of rotatable bonds is 0. The molecule has 0 aliphatic carbocycles. The minimum atomic E-state index is -3.63. The van der Waals surface area contributed by atoms with Gasteiger partial charge in [-0.2, -0.15) is 0 Å². The second kappa shape index (κ2) is 15.9. The van der Waals surface area contributed by atoms with Gasteiger partial charge in [-0.3, -0.25) is 0 Å². The van der Waals surface area contributed by atoms with E-state index in [9.17, 15) is 0 Å². The molecule has 0 heterocycles. The molecule has 0 N–H and O–H groups in total. The molecule has 7 heteroatoms. The Morgan fingerprint density at radius 2 is 1.14 bits per heavy atom. The van der Waals surface area contributed by atoms with E-state index >= 15 is 0 Å². The monoisotopic (exact) mass is 183 g/mol. The van der Waals surface area contributed by atoms with E-state index < -0.39 is 9.17 Å². The molecule has 0 aliphatic heterocycles. The maximum absolute atomic E-state index is 8.52. The molecular formula is AlCa2O3Si+5. The predicted octanol–water partition coefficient (Wildman–Crippen LogP) is -4.02. The molecule has 0 amide bonds. The third-order valence-electron chi connectivity index (χ3n) is 0. The third-order valence-corrected chi connectivity index (χ3v) is 0. The summed E-state index contributed by atoms with van der Waals surface area (Å²) < 4.78 is 8.52. The first-order valence-electron chi connectivity index (χ1n) is 0.612. The van der Waals surface area contributed by atoms with E-state index in [0.717, 1.165) is 0 Å². The van der Waals surface area contributed by atoms with Crippen LogP contribution < -0.4 is 9.59 Å². The van der Waals surface area contributed by atoms with Crippen LogP contribution in [-0.2, 0) is 4.46 Å². The molecule has 0 saturated carbocycles. The Labute approximate surface area is 114 Å². The molecular weight excluding hydrogens is 183 g/mol. The van der Waals surface area contributed by atoms with Crippen molar-refractivity contribution in [2.24, 2.45) is 0 Å². The Kier molecular flexibility index (Phi) is 51.2. The van der Waals surface area contributed by atoms with Crippen molar-refractivity contribution >= 4 is 102 Å². The first kappa shape index (κ1) is 22.6. The van der Waals surface area contributed by atoms with Crippen molar-refractivity contribution in [3.63, 3.8) is 0 Å². The van der Waals surface area contributed by atoms with E-state index in [-0.39, 0.29) is 92.8 Å². The quantitative estimate of drug-likeness (QED) is 0.359. The summed E-state index contributed by atoms with van der Waals surface area (Å²) in [6, 6.07) is 0. The molecule has 0 saturated heterocycles. The van der Waals surface area contributed by atoms with Crippen molar-refractivity contribution in [2.75, 3.05) is 0 Å². The smallest absolute Gasteiger partial charge is 0.672 e. The van der Waals surface area contributed by atoms with Crippen LogP contribution in [0.15, 0.2) is 0 Å². The Balaban J connectivity index is -0.0000000150. The van der Waals surface area contributed by atoms with Crippen molar-refractivity contribution in [1.29, 1.82) is 0 Å². The summed E-state index contributed by atoms with van der Waals surface area (Å²) in [6.07, 6.45) is 0. The fourth-order valence-electron chi connectivity index (χ4n) is 0. The molecule has 0 bridgehead atoms. The molecule has 0 atom stereocenters. The topological polar surface area (TPSA) is 63.2 Å². The first-order chi connectivity index (χ1) is 1.73. The summed E-state index contributed by atoms with van der Waals surface area (Å²) >= 11 is 0. The SMILES string of the molecule is O=[Si]([O-])[O-].[Al+3].[Ca+2].[Ca+2]. The summed E-state index contributed by atoms with van der Waals surface area (Å²) in [6.45, 7) is 0. The van der Waals surface area contributed by atoms with Gasteiger partial charge in [-0.1, -0.05) is 0 Å². The predicted molar refractivity (Wildman–Crippen MR) is 23.7 cm³/mol. The van der Waals surface area contributed by atoms with Crippen LogP contribution in [0.5, 0.6) is 0 Å². The molecule has 7 heavy (non-hydrogen) atoms. The van der Waals surface area contributed by atoms with Gasteiger partial charge in [-0.25, -0.2) is 0 Å². The van der Waals surface area contributed by atoms with Gasteiger partial charge in [-0.05, 0) is 0 Å². The van der Waals surface area contributed by atoms with Gasteiger partial charge in [-0.15, -0.1) is 0 Å². The van der Waals surface area contributed by atoms with Gasteiger partial charge in [0.1, 0.15) is 0 Å². The van der Waals surface area contributed by atoms with Crippen LogP contribution in [0.25, 0.3) is 0 Å². The van der Waals surface area contributed by atoms with E-state index in [0.29, 0.717) is 0 Å². The van der Waals surface area contributed by atoms with E-state index in [1.165, 1.54) is 0 Å². The van der Waals surface area contributed by atoms with E-state index in [4.69, 9.17) is 14.1 Å². The van der Waals surface area contributed by atoms with Crippen LogP contribution in [-0.4, -0.2) is 102 Å². The van der Waals surface area contributed by atoms with Gasteiger partial charge >= 0.3 is 92.8 Å². The Hall–Kier alpha value is 2.67. The zero-order valence-corrected chi connectivity index (χ0v) is 10.3. The van der Waals surface area contributed by atoms with E-state index in [2.05, 4.69) is 0 Å². The third kappa shape index (κ3) is 54.1. The Bertz CT molecular complexity index is 35.9. The van der Waals surface area contributed by atoms with Crippen LogP contribution in [0.4, 0.5) is 0 Å². The zero-order valence-electron chi connectivity index (χ0n) is 3.72. The van der Waals surface area contributed by atoms with Crippen LogP contribution in [0.3, 0.4) is 0 Å². The Morgan fingerprint density at radius 3 is 1.14 bits per heavy atom. The minimum absolute atomic E-state index is 0. The van der Waals surface area contributed by atoms with Gasteiger partial charge in [0.05, 0.1) is 0 Å². The maximum Gasteiger partial charge on any atom is 3.00 e. The molecule has 0 aliphatic rings. The standard InChI is InChI=1S/Al.2Ca.O3Si/c;;;1-4(2)3/q+3;2*+2;-2. The molecule has 0 spiro atoms. The van der Waals surface area contributed by atoms with E-state index in [1.807, 2.05) is 0 Å². The van der Waals surface area contributed by atoms with Crippen molar-refractivity contribution in [3.05, 3.63) is 0 Å². The maximum atomic E-state index is 8.52. The van der Waals surface area contributed by atoms with Crippen LogP contribution in [0, 0.1) is 0 Å². The molecule has 0 aromatic heterocycles. The van der Waals surface area contributed by atoms with Crippen LogP contribution >= 0.6 is 0 Å². The summed E-state index contributed by atoms with van der Waals surface area (Å²) in [5.74, 6) is 0. The number of hydrogen-bond donors (Lipinski definition) is 0. The van der Waals surface area contributed by atoms with Gasteiger partial charge in [0.25, 0.3) is 0 Å². The average molecular weight is 183 g/mol. The fourth-order valence-corrected chi connectivity index (χ4v) is 0. The minimum Gasteiger partial charge on any atom is -0.672 e. The van der Waals surface area contributed by atoms with Crippen molar-refractivity contribution in [1.82, 2.24) is 0 Å². The summed E-state index contributed by atoms with van der Waals surface area (Å²) in [4.78, 5) is 17.0. The molecule has 0 unspecified atom stereocenters.